The predicted molar refractivity (Wildman–Crippen MR) is 74.3 cm³/mol. The summed E-state index contributed by atoms with van der Waals surface area (Å²) in [6.45, 7) is 2.20. The number of carbonyl (C=O) groups excluding carboxylic acids is 1. The van der Waals surface area contributed by atoms with Crippen molar-refractivity contribution in [2.45, 2.75) is 32.6 Å². The number of benzene rings is 1. The average Bonchev–Trinajstić information content (AvgIpc) is 2.46. The monoisotopic (exact) mass is 255 g/mol. The zero-order valence-corrected chi connectivity index (χ0v) is 11.1. The smallest absolute Gasteiger partial charge is 0.357 e. The number of aromatic nitrogens is 1. The number of rotatable bonds is 2. The summed E-state index contributed by atoms with van der Waals surface area (Å²) in [5.41, 5.74) is 2.86. The minimum absolute atomic E-state index is 0.313. The average molecular weight is 255 g/mol. The molecule has 0 bridgehead atoms. The minimum atomic E-state index is -0.313. The van der Waals surface area contributed by atoms with Crippen molar-refractivity contribution in [3.05, 3.63) is 41.2 Å². The Kier molecular flexibility index (Phi) is 3.20. The van der Waals surface area contributed by atoms with E-state index in [0.29, 0.717) is 12.3 Å². The Morgan fingerprint density at radius 2 is 1.95 bits per heavy atom. The van der Waals surface area contributed by atoms with Crippen LogP contribution in [0.25, 0.3) is 10.8 Å². The number of pyridine rings is 1. The maximum absolute atomic E-state index is 12.1. The summed E-state index contributed by atoms with van der Waals surface area (Å²) in [7, 11) is 0. The van der Waals surface area contributed by atoms with Crippen LogP contribution < -0.4 is 0 Å². The number of aryl methyl sites for hydroxylation is 2. The van der Waals surface area contributed by atoms with Gasteiger partial charge in [0, 0.05) is 11.1 Å². The van der Waals surface area contributed by atoms with Gasteiger partial charge in [-0.1, -0.05) is 24.3 Å². The molecule has 0 radical (unpaired) electrons. The molecule has 1 aromatic carbocycles. The van der Waals surface area contributed by atoms with E-state index < -0.39 is 0 Å². The summed E-state index contributed by atoms with van der Waals surface area (Å²) in [5.74, 6) is -0.313. The van der Waals surface area contributed by atoms with Crippen LogP contribution in [0.1, 0.15) is 41.5 Å². The third-order valence-electron chi connectivity index (χ3n) is 3.66. The lowest BCUT2D eigenvalue weighted by atomic mass is 9.91. The van der Waals surface area contributed by atoms with E-state index in [2.05, 4.69) is 11.1 Å². The SMILES string of the molecule is CCOC(=O)c1nc2c(c3ccccc13)CCCC2. The van der Waals surface area contributed by atoms with Crippen LogP contribution in [0.15, 0.2) is 24.3 Å². The first-order valence-corrected chi connectivity index (χ1v) is 6.89. The third-order valence-corrected chi connectivity index (χ3v) is 3.66. The summed E-state index contributed by atoms with van der Waals surface area (Å²) in [4.78, 5) is 16.6. The molecule has 0 unspecified atom stereocenters. The summed E-state index contributed by atoms with van der Waals surface area (Å²) in [5, 5.41) is 2.08. The largest absolute Gasteiger partial charge is 0.461 e. The fourth-order valence-electron chi connectivity index (χ4n) is 2.81. The minimum Gasteiger partial charge on any atom is -0.461 e. The number of hydrogen-bond donors (Lipinski definition) is 0. The maximum atomic E-state index is 12.1. The van der Waals surface area contributed by atoms with Gasteiger partial charge >= 0.3 is 5.97 Å². The molecule has 0 fully saturated rings. The van der Waals surface area contributed by atoms with Crippen LogP contribution in [0.5, 0.6) is 0 Å². The molecule has 98 valence electrons. The van der Waals surface area contributed by atoms with Crippen molar-refractivity contribution in [2.24, 2.45) is 0 Å². The van der Waals surface area contributed by atoms with Gasteiger partial charge < -0.3 is 4.74 Å². The van der Waals surface area contributed by atoms with Crippen LogP contribution in [0, 0.1) is 0 Å². The second-order valence-corrected chi connectivity index (χ2v) is 4.86. The Morgan fingerprint density at radius 3 is 2.74 bits per heavy atom. The molecule has 19 heavy (non-hydrogen) atoms. The van der Waals surface area contributed by atoms with Gasteiger partial charge in [-0.2, -0.15) is 0 Å². The van der Waals surface area contributed by atoms with E-state index >= 15 is 0 Å². The summed E-state index contributed by atoms with van der Waals surface area (Å²) >= 11 is 0. The van der Waals surface area contributed by atoms with E-state index in [-0.39, 0.29) is 5.97 Å². The van der Waals surface area contributed by atoms with Crippen molar-refractivity contribution in [1.29, 1.82) is 0 Å². The predicted octanol–water partition coefficient (Wildman–Crippen LogP) is 3.29. The zero-order valence-electron chi connectivity index (χ0n) is 11.1. The molecule has 1 aliphatic carbocycles. The molecule has 0 atom stereocenters. The molecule has 0 amide bonds. The molecule has 2 aromatic rings. The molecule has 0 spiro atoms. The Morgan fingerprint density at radius 1 is 1.21 bits per heavy atom. The third kappa shape index (κ3) is 2.09. The molecule has 3 nitrogen and oxygen atoms in total. The van der Waals surface area contributed by atoms with Gasteiger partial charge in [-0.15, -0.1) is 0 Å². The molecule has 0 saturated heterocycles. The first-order chi connectivity index (χ1) is 9.31. The van der Waals surface area contributed by atoms with Gasteiger partial charge in [0.1, 0.15) is 0 Å². The van der Waals surface area contributed by atoms with E-state index in [4.69, 9.17) is 4.74 Å². The number of nitrogens with zero attached hydrogens (tertiary/aromatic N) is 1. The van der Waals surface area contributed by atoms with Crippen LogP contribution in [0.4, 0.5) is 0 Å². The highest BCUT2D eigenvalue weighted by atomic mass is 16.5. The number of carbonyl (C=O) groups is 1. The number of hydrogen-bond acceptors (Lipinski definition) is 3. The van der Waals surface area contributed by atoms with Crippen molar-refractivity contribution in [2.75, 3.05) is 6.61 Å². The lowest BCUT2D eigenvalue weighted by Gasteiger charge is -2.18. The highest BCUT2D eigenvalue weighted by Gasteiger charge is 2.20. The van der Waals surface area contributed by atoms with Gasteiger partial charge in [0.05, 0.1) is 6.61 Å². The van der Waals surface area contributed by atoms with E-state index in [1.54, 1.807) is 0 Å². The zero-order chi connectivity index (χ0) is 13.2. The van der Waals surface area contributed by atoms with Crippen LogP contribution in [-0.2, 0) is 17.6 Å². The highest BCUT2D eigenvalue weighted by Crippen LogP contribution is 2.29. The Bertz CT molecular complexity index is 634. The lowest BCUT2D eigenvalue weighted by molar-refractivity contribution is 0.0521. The molecule has 1 aliphatic rings. The molecular formula is C16H17NO2. The molecule has 3 heteroatoms. The normalized spacial score (nSPS) is 14.2. The summed E-state index contributed by atoms with van der Waals surface area (Å²) in [6, 6.07) is 8.02. The second-order valence-electron chi connectivity index (χ2n) is 4.86. The Hall–Kier alpha value is -1.90. The molecule has 3 rings (SSSR count). The van der Waals surface area contributed by atoms with E-state index in [0.717, 1.165) is 35.7 Å². The number of ether oxygens (including phenoxy) is 1. The highest BCUT2D eigenvalue weighted by molar-refractivity contribution is 6.04. The topological polar surface area (TPSA) is 39.2 Å². The fraction of sp³-hybridized carbons (Fsp3) is 0.375. The van der Waals surface area contributed by atoms with Crippen molar-refractivity contribution in [3.63, 3.8) is 0 Å². The van der Waals surface area contributed by atoms with E-state index in [9.17, 15) is 4.79 Å². The van der Waals surface area contributed by atoms with Gasteiger partial charge in [-0.3, -0.25) is 0 Å². The van der Waals surface area contributed by atoms with Crippen molar-refractivity contribution < 1.29 is 9.53 Å². The summed E-state index contributed by atoms with van der Waals surface area (Å²) in [6.07, 6.45) is 4.39. The quantitative estimate of drug-likeness (QED) is 0.773. The van der Waals surface area contributed by atoms with E-state index in [1.165, 1.54) is 12.0 Å². The lowest BCUT2D eigenvalue weighted by Crippen LogP contribution is -2.13. The van der Waals surface area contributed by atoms with E-state index in [1.807, 2.05) is 25.1 Å². The molecule has 0 saturated carbocycles. The van der Waals surface area contributed by atoms with Crippen LogP contribution >= 0.6 is 0 Å². The van der Waals surface area contributed by atoms with Gasteiger partial charge in [-0.05, 0) is 43.6 Å². The van der Waals surface area contributed by atoms with Crippen LogP contribution in [0.2, 0.25) is 0 Å². The fourth-order valence-corrected chi connectivity index (χ4v) is 2.81. The van der Waals surface area contributed by atoms with Gasteiger partial charge in [0.2, 0.25) is 0 Å². The molecule has 0 aliphatic heterocycles. The van der Waals surface area contributed by atoms with Crippen molar-refractivity contribution in [1.82, 2.24) is 4.98 Å². The second kappa shape index (κ2) is 5.00. The van der Waals surface area contributed by atoms with Gasteiger partial charge in [0.25, 0.3) is 0 Å². The first-order valence-electron chi connectivity index (χ1n) is 6.89. The Balaban J connectivity index is 2.24. The van der Waals surface area contributed by atoms with Gasteiger partial charge in [-0.25, -0.2) is 9.78 Å². The first kappa shape index (κ1) is 12.2. The molecular weight excluding hydrogens is 238 g/mol. The molecule has 1 heterocycles. The standard InChI is InChI=1S/C16H17NO2/c1-2-19-16(18)15-13-9-4-3-7-11(13)12-8-5-6-10-14(12)17-15/h3-4,7,9H,2,5-6,8,10H2,1H3. The van der Waals surface area contributed by atoms with Crippen LogP contribution in [-0.4, -0.2) is 17.6 Å². The van der Waals surface area contributed by atoms with Crippen molar-refractivity contribution >= 4 is 16.7 Å². The Labute approximate surface area is 112 Å². The number of fused-ring (bicyclic) bond motifs is 3. The van der Waals surface area contributed by atoms with Crippen molar-refractivity contribution in [3.8, 4) is 0 Å². The van der Waals surface area contributed by atoms with Gasteiger partial charge in [0.15, 0.2) is 5.69 Å². The number of esters is 1. The summed E-state index contributed by atoms with van der Waals surface area (Å²) < 4.78 is 5.13. The van der Waals surface area contributed by atoms with Crippen LogP contribution in [0.3, 0.4) is 0 Å². The molecule has 0 N–H and O–H groups in total. The molecule has 1 aromatic heterocycles. The maximum Gasteiger partial charge on any atom is 0.357 e.